The fourth-order valence-electron chi connectivity index (χ4n) is 2.58. The number of hydrogen-bond acceptors (Lipinski definition) is 4. The van der Waals surface area contributed by atoms with Gasteiger partial charge >= 0.3 is 6.55 Å². The molecule has 2 heterocycles. The van der Waals surface area contributed by atoms with Gasteiger partial charge in [0.2, 0.25) is 10.0 Å². The highest BCUT2D eigenvalue weighted by molar-refractivity contribution is 7.89. The molecule has 1 aromatic heterocycles. The molecule has 0 aliphatic carbocycles. The predicted molar refractivity (Wildman–Crippen MR) is 83.5 cm³/mol. The number of nitrogens with zero attached hydrogens (tertiary/aromatic N) is 2. The lowest BCUT2D eigenvalue weighted by Crippen LogP contribution is -2.44. The van der Waals surface area contributed by atoms with E-state index in [-0.39, 0.29) is 30.4 Å². The third kappa shape index (κ3) is 3.93. The lowest BCUT2D eigenvalue weighted by Gasteiger charge is -2.21. The van der Waals surface area contributed by atoms with Crippen molar-refractivity contribution in [1.29, 1.82) is 0 Å². The molecule has 0 bridgehead atoms. The van der Waals surface area contributed by atoms with Crippen molar-refractivity contribution in [3.05, 3.63) is 23.5 Å². The molecule has 0 saturated carbocycles. The van der Waals surface area contributed by atoms with Gasteiger partial charge in [0.1, 0.15) is 5.69 Å². The number of carbonyl (C=O) groups excluding carboxylic acids is 1. The number of carbonyl (C=O) groups is 1. The summed E-state index contributed by atoms with van der Waals surface area (Å²) < 4.78 is 57.1. The molecular weight excluding hydrogens is 344 g/mol. The molecule has 1 fully saturated rings. The van der Waals surface area contributed by atoms with E-state index in [1.54, 1.807) is 0 Å². The number of alkyl halides is 2. The Balaban J connectivity index is 2.11. The van der Waals surface area contributed by atoms with Crippen LogP contribution in [0, 0.1) is 12.8 Å². The van der Waals surface area contributed by atoms with E-state index in [1.165, 1.54) is 33.2 Å². The zero-order valence-corrected chi connectivity index (χ0v) is 14.5. The van der Waals surface area contributed by atoms with Gasteiger partial charge in [0, 0.05) is 25.7 Å². The number of hydrogen-bond donors (Lipinski definition) is 1. The van der Waals surface area contributed by atoms with Gasteiger partial charge in [0.05, 0.1) is 25.0 Å². The van der Waals surface area contributed by atoms with E-state index >= 15 is 0 Å². The number of sulfonamides is 1. The lowest BCUT2D eigenvalue weighted by atomic mass is 10.1. The van der Waals surface area contributed by atoms with Gasteiger partial charge in [0.15, 0.2) is 0 Å². The Kier molecular flexibility index (Phi) is 5.61. The van der Waals surface area contributed by atoms with E-state index in [2.05, 4.69) is 5.32 Å². The van der Waals surface area contributed by atoms with Gasteiger partial charge in [-0.15, -0.1) is 0 Å². The maximum absolute atomic E-state index is 13.1. The number of amides is 1. The zero-order valence-electron chi connectivity index (χ0n) is 13.7. The molecule has 1 aliphatic heterocycles. The van der Waals surface area contributed by atoms with E-state index in [0.717, 1.165) is 4.31 Å². The summed E-state index contributed by atoms with van der Waals surface area (Å²) >= 11 is 0. The zero-order chi connectivity index (χ0) is 18.1. The fourth-order valence-corrected chi connectivity index (χ4v) is 3.75. The molecular formula is C14H21F2N3O4S. The second-order valence-corrected chi connectivity index (χ2v) is 8.17. The third-order valence-corrected chi connectivity index (χ3v) is 6.01. The summed E-state index contributed by atoms with van der Waals surface area (Å²) in [6.45, 7) is -1.01. The summed E-state index contributed by atoms with van der Waals surface area (Å²) in [5, 5.41) is 2.61. The van der Waals surface area contributed by atoms with Crippen molar-refractivity contribution in [3.63, 3.8) is 0 Å². The monoisotopic (exact) mass is 365 g/mol. The summed E-state index contributed by atoms with van der Waals surface area (Å²) in [5.41, 5.74) is 0.105. The second-order valence-electron chi connectivity index (χ2n) is 5.95. The van der Waals surface area contributed by atoms with Crippen molar-refractivity contribution < 1.29 is 26.7 Å². The van der Waals surface area contributed by atoms with Gasteiger partial charge in [0.25, 0.3) is 5.91 Å². The normalized spacial score (nSPS) is 21.6. The number of nitrogens with one attached hydrogen (secondary N) is 1. The Hall–Kier alpha value is -1.52. The molecule has 24 heavy (non-hydrogen) atoms. The molecule has 136 valence electrons. The number of aryl methyl sites for hydroxylation is 1. The number of halogens is 2. The van der Waals surface area contributed by atoms with E-state index in [1.807, 2.05) is 0 Å². The molecule has 1 aliphatic rings. The first-order valence-electron chi connectivity index (χ1n) is 7.38. The quantitative estimate of drug-likeness (QED) is 0.810. The molecule has 2 atom stereocenters. The first-order valence-corrected chi connectivity index (χ1v) is 8.99. The number of ether oxygens (including phenoxy) is 1. The summed E-state index contributed by atoms with van der Waals surface area (Å²) in [7, 11) is -0.600. The van der Waals surface area contributed by atoms with Crippen molar-refractivity contribution in [3.8, 4) is 0 Å². The van der Waals surface area contributed by atoms with Crippen LogP contribution in [0.4, 0.5) is 8.78 Å². The highest BCUT2D eigenvalue weighted by atomic mass is 32.2. The minimum atomic E-state index is -3.46. The van der Waals surface area contributed by atoms with Crippen LogP contribution in [0.25, 0.3) is 0 Å². The predicted octanol–water partition coefficient (Wildman–Crippen LogP) is 0.828. The average molecular weight is 365 g/mol. The minimum Gasteiger partial charge on any atom is -0.379 e. The number of aromatic nitrogens is 1. The Bertz CT molecular complexity index is 703. The largest absolute Gasteiger partial charge is 0.379 e. The molecule has 0 radical (unpaired) electrons. The van der Waals surface area contributed by atoms with E-state index in [9.17, 15) is 22.0 Å². The first kappa shape index (κ1) is 18.8. The van der Waals surface area contributed by atoms with Gasteiger partial charge < -0.3 is 10.1 Å². The van der Waals surface area contributed by atoms with Crippen LogP contribution < -0.4 is 5.32 Å². The minimum absolute atomic E-state index is 0.147. The highest BCUT2D eigenvalue weighted by Gasteiger charge is 2.35. The Morgan fingerprint density at radius 3 is 2.67 bits per heavy atom. The Morgan fingerprint density at radius 1 is 1.42 bits per heavy atom. The second kappa shape index (κ2) is 7.16. The Morgan fingerprint density at radius 2 is 2.08 bits per heavy atom. The van der Waals surface area contributed by atoms with Gasteiger partial charge in [-0.2, -0.15) is 8.78 Å². The summed E-state index contributed by atoms with van der Waals surface area (Å²) in [4.78, 5) is 12.3. The van der Waals surface area contributed by atoms with Crippen molar-refractivity contribution in [1.82, 2.24) is 14.2 Å². The fraction of sp³-hybridized carbons (Fsp3) is 0.643. The lowest BCUT2D eigenvalue weighted by molar-refractivity contribution is 0.0612. The van der Waals surface area contributed by atoms with E-state index in [0.29, 0.717) is 4.57 Å². The van der Waals surface area contributed by atoms with Crippen molar-refractivity contribution in [2.75, 3.05) is 33.1 Å². The molecule has 1 saturated heterocycles. The van der Waals surface area contributed by atoms with Gasteiger partial charge in [-0.1, -0.05) is 0 Å². The third-order valence-electron chi connectivity index (χ3n) is 4.05. The van der Waals surface area contributed by atoms with Crippen LogP contribution in [0.3, 0.4) is 0 Å². The van der Waals surface area contributed by atoms with Gasteiger partial charge in [-0.05, 0) is 19.1 Å². The van der Waals surface area contributed by atoms with Gasteiger partial charge in [-0.25, -0.2) is 12.7 Å². The highest BCUT2D eigenvalue weighted by Crippen LogP contribution is 2.21. The van der Waals surface area contributed by atoms with E-state index in [4.69, 9.17) is 4.74 Å². The van der Waals surface area contributed by atoms with Crippen molar-refractivity contribution in [2.45, 2.75) is 19.5 Å². The Labute approximate surface area is 139 Å². The molecule has 0 unspecified atom stereocenters. The molecule has 1 aromatic rings. The van der Waals surface area contributed by atoms with Crippen LogP contribution in [0.5, 0.6) is 0 Å². The molecule has 7 nitrogen and oxygen atoms in total. The van der Waals surface area contributed by atoms with Crippen LogP contribution in [0.2, 0.25) is 0 Å². The summed E-state index contributed by atoms with van der Waals surface area (Å²) in [6.07, 6.45) is 0. The van der Waals surface area contributed by atoms with Crippen LogP contribution in [-0.2, 0) is 14.8 Å². The molecule has 0 aromatic carbocycles. The molecule has 1 N–H and O–H groups in total. The SMILES string of the molecule is Cc1ccc(C(=O)N[C@@H]2COC[C@H]2CS(=O)(=O)N(C)C)n1C(F)F. The van der Waals surface area contributed by atoms with Crippen LogP contribution in [0.15, 0.2) is 12.1 Å². The van der Waals surface area contributed by atoms with Crippen molar-refractivity contribution in [2.24, 2.45) is 5.92 Å². The smallest absolute Gasteiger partial charge is 0.319 e. The maximum atomic E-state index is 13.1. The van der Waals surface area contributed by atoms with Crippen LogP contribution in [0.1, 0.15) is 22.7 Å². The average Bonchev–Trinajstić information content (AvgIpc) is 3.05. The standard InChI is InChI=1S/C14H21F2N3O4S/c1-9-4-5-12(19(9)14(15)16)13(20)17-11-7-23-6-10(11)8-24(21,22)18(2)3/h4-5,10-11,14H,6-8H2,1-3H3,(H,17,20)/t10-,11+/m0/s1. The molecule has 1 amide bonds. The summed E-state index contributed by atoms with van der Waals surface area (Å²) in [6, 6.07) is 2.20. The molecule has 10 heteroatoms. The van der Waals surface area contributed by atoms with E-state index < -0.39 is 34.4 Å². The molecule has 0 spiro atoms. The number of rotatable bonds is 6. The van der Waals surface area contributed by atoms with Crippen LogP contribution in [-0.4, -0.2) is 62.3 Å². The summed E-state index contributed by atoms with van der Waals surface area (Å²) in [5.74, 6) is -1.29. The van der Waals surface area contributed by atoms with Gasteiger partial charge in [-0.3, -0.25) is 9.36 Å². The van der Waals surface area contributed by atoms with Crippen LogP contribution >= 0.6 is 0 Å². The first-order chi connectivity index (χ1) is 11.1. The maximum Gasteiger partial charge on any atom is 0.319 e. The molecule has 2 rings (SSSR count). The topological polar surface area (TPSA) is 80.6 Å². The van der Waals surface area contributed by atoms with Crippen molar-refractivity contribution >= 4 is 15.9 Å².